The van der Waals surface area contributed by atoms with Gasteiger partial charge in [-0.05, 0) is 47.4 Å². The molecular weight excluding hydrogens is 314 g/mol. The third-order valence-electron chi connectivity index (χ3n) is 5.34. The number of nitrogens with zero attached hydrogens (tertiary/aromatic N) is 1. The molecule has 3 atom stereocenters. The fourth-order valence-corrected chi connectivity index (χ4v) is 3.99. The number of rotatable bonds is 7. The molecule has 1 saturated carbocycles. The van der Waals surface area contributed by atoms with E-state index in [0.717, 1.165) is 24.2 Å². The van der Waals surface area contributed by atoms with Crippen LogP contribution in [0.3, 0.4) is 0 Å². The molecule has 0 saturated heterocycles. The lowest BCUT2D eigenvalue weighted by molar-refractivity contribution is 0.0937. The van der Waals surface area contributed by atoms with E-state index in [9.17, 15) is 4.79 Å². The predicted molar refractivity (Wildman–Crippen MR) is 96.8 cm³/mol. The second-order valence-corrected chi connectivity index (χ2v) is 6.82. The molecule has 0 spiro atoms. The van der Waals surface area contributed by atoms with Crippen molar-refractivity contribution in [1.82, 2.24) is 10.3 Å². The molecule has 2 aromatic rings. The van der Waals surface area contributed by atoms with Crippen molar-refractivity contribution < 1.29 is 9.53 Å². The van der Waals surface area contributed by atoms with Crippen molar-refractivity contribution in [2.45, 2.75) is 12.3 Å². The molecule has 2 N–H and O–H groups in total. The van der Waals surface area contributed by atoms with Crippen LogP contribution in [0, 0.1) is 11.8 Å². The number of anilines is 1. The summed E-state index contributed by atoms with van der Waals surface area (Å²) < 4.78 is 4.92. The average molecular weight is 337 g/mol. The number of carbonyl (C=O) groups excluding carboxylic acids is 1. The molecule has 1 amide bonds. The Kier molecular flexibility index (Phi) is 4.40. The van der Waals surface area contributed by atoms with E-state index in [4.69, 9.17) is 4.74 Å². The highest BCUT2D eigenvalue weighted by atomic mass is 16.5. The van der Waals surface area contributed by atoms with Crippen LogP contribution < -0.4 is 10.6 Å². The lowest BCUT2D eigenvalue weighted by atomic mass is 10.0. The Balaban J connectivity index is 1.28. The number of amides is 1. The number of aromatic nitrogens is 1. The molecule has 5 heteroatoms. The molecule has 25 heavy (non-hydrogen) atoms. The fourth-order valence-electron chi connectivity index (χ4n) is 3.99. The SMILES string of the molecule is COCCNC(=O)c1ccc(NCC2C3Cc4ccccc4C23)nc1. The number of hydrogen-bond acceptors (Lipinski definition) is 4. The van der Waals surface area contributed by atoms with Gasteiger partial charge in [-0.3, -0.25) is 4.79 Å². The minimum Gasteiger partial charge on any atom is -0.383 e. The zero-order chi connectivity index (χ0) is 17.2. The van der Waals surface area contributed by atoms with E-state index >= 15 is 0 Å². The van der Waals surface area contributed by atoms with E-state index in [1.807, 2.05) is 6.07 Å². The number of ether oxygens (including phenoxy) is 1. The first kappa shape index (κ1) is 16.1. The van der Waals surface area contributed by atoms with Crippen LogP contribution in [0.5, 0.6) is 0 Å². The normalized spacial score (nSPS) is 22.8. The Morgan fingerprint density at radius 3 is 2.96 bits per heavy atom. The zero-order valence-electron chi connectivity index (χ0n) is 14.4. The van der Waals surface area contributed by atoms with E-state index < -0.39 is 0 Å². The maximum absolute atomic E-state index is 11.9. The van der Waals surface area contributed by atoms with Crippen molar-refractivity contribution in [3.8, 4) is 0 Å². The maximum Gasteiger partial charge on any atom is 0.252 e. The van der Waals surface area contributed by atoms with Crippen LogP contribution in [-0.4, -0.2) is 37.7 Å². The number of hydrogen-bond donors (Lipinski definition) is 2. The quantitative estimate of drug-likeness (QED) is 0.762. The van der Waals surface area contributed by atoms with Gasteiger partial charge in [0.1, 0.15) is 5.82 Å². The number of fused-ring (bicyclic) bond motifs is 3. The molecule has 1 aromatic heterocycles. The van der Waals surface area contributed by atoms with E-state index in [2.05, 4.69) is 39.9 Å². The van der Waals surface area contributed by atoms with Gasteiger partial charge in [-0.15, -0.1) is 0 Å². The highest BCUT2D eigenvalue weighted by Crippen LogP contribution is 2.61. The lowest BCUT2D eigenvalue weighted by Crippen LogP contribution is -2.27. The molecular formula is C20H23N3O2. The topological polar surface area (TPSA) is 63.2 Å². The van der Waals surface area contributed by atoms with E-state index in [-0.39, 0.29) is 5.91 Å². The molecule has 130 valence electrons. The summed E-state index contributed by atoms with van der Waals surface area (Å²) in [4.78, 5) is 16.3. The first-order valence-electron chi connectivity index (χ1n) is 8.83. The van der Waals surface area contributed by atoms with Crippen molar-refractivity contribution >= 4 is 11.7 Å². The van der Waals surface area contributed by atoms with Crippen LogP contribution in [0.15, 0.2) is 42.6 Å². The Bertz CT molecular complexity index is 760. The van der Waals surface area contributed by atoms with Crippen LogP contribution in [-0.2, 0) is 11.2 Å². The van der Waals surface area contributed by atoms with E-state index in [1.165, 1.54) is 17.5 Å². The van der Waals surface area contributed by atoms with Gasteiger partial charge >= 0.3 is 0 Å². The zero-order valence-corrected chi connectivity index (χ0v) is 14.4. The molecule has 1 aromatic carbocycles. The molecule has 1 heterocycles. The first-order chi connectivity index (χ1) is 12.3. The second kappa shape index (κ2) is 6.84. The minimum absolute atomic E-state index is 0.121. The molecule has 0 radical (unpaired) electrons. The number of methoxy groups -OCH3 is 1. The molecule has 4 rings (SSSR count). The van der Waals surface area contributed by atoms with Crippen LogP contribution in [0.4, 0.5) is 5.82 Å². The summed E-state index contributed by atoms with van der Waals surface area (Å²) in [6.45, 7) is 1.95. The minimum atomic E-state index is -0.121. The number of pyridine rings is 1. The van der Waals surface area contributed by atoms with Gasteiger partial charge in [0.2, 0.25) is 0 Å². The van der Waals surface area contributed by atoms with Crippen LogP contribution in [0.1, 0.15) is 27.4 Å². The van der Waals surface area contributed by atoms with E-state index in [0.29, 0.717) is 24.6 Å². The Morgan fingerprint density at radius 2 is 2.16 bits per heavy atom. The van der Waals surface area contributed by atoms with Crippen molar-refractivity contribution in [3.05, 3.63) is 59.3 Å². The molecule has 5 nitrogen and oxygen atoms in total. The van der Waals surface area contributed by atoms with Crippen molar-refractivity contribution in [2.75, 3.05) is 32.1 Å². The first-order valence-corrected chi connectivity index (χ1v) is 8.83. The van der Waals surface area contributed by atoms with Crippen molar-refractivity contribution in [3.63, 3.8) is 0 Å². The highest BCUT2D eigenvalue weighted by Gasteiger charge is 2.54. The third-order valence-corrected chi connectivity index (χ3v) is 5.34. The van der Waals surface area contributed by atoms with Gasteiger partial charge in [0.15, 0.2) is 0 Å². The molecule has 2 aliphatic rings. The highest BCUT2D eigenvalue weighted by molar-refractivity contribution is 5.94. The van der Waals surface area contributed by atoms with Gasteiger partial charge in [0.25, 0.3) is 5.91 Å². The second-order valence-electron chi connectivity index (χ2n) is 6.82. The van der Waals surface area contributed by atoms with E-state index in [1.54, 1.807) is 19.4 Å². The van der Waals surface area contributed by atoms with Gasteiger partial charge in [0, 0.05) is 26.4 Å². The third kappa shape index (κ3) is 3.24. The number of nitrogens with one attached hydrogen (secondary N) is 2. The van der Waals surface area contributed by atoms with Gasteiger partial charge in [-0.1, -0.05) is 24.3 Å². The average Bonchev–Trinajstić information content (AvgIpc) is 3.18. The molecule has 1 fully saturated rings. The lowest BCUT2D eigenvalue weighted by Gasteiger charge is -2.10. The summed E-state index contributed by atoms with van der Waals surface area (Å²) in [5, 5.41) is 6.21. The molecule has 3 unspecified atom stereocenters. The monoisotopic (exact) mass is 337 g/mol. The maximum atomic E-state index is 11.9. The largest absolute Gasteiger partial charge is 0.383 e. The van der Waals surface area contributed by atoms with Crippen LogP contribution in [0.2, 0.25) is 0 Å². The summed E-state index contributed by atoms with van der Waals surface area (Å²) in [5.41, 5.74) is 3.63. The Morgan fingerprint density at radius 1 is 1.28 bits per heavy atom. The smallest absolute Gasteiger partial charge is 0.252 e. The van der Waals surface area contributed by atoms with Gasteiger partial charge in [-0.2, -0.15) is 0 Å². The Labute approximate surface area is 147 Å². The van der Waals surface area contributed by atoms with Gasteiger partial charge in [-0.25, -0.2) is 4.98 Å². The van der Waals surface area contributed by atoms with Gasteiger partial charge < -0.3 is 15.4 Å². The fraction of sp³-hybridized carbons (Fsp3) is 0.400. The number of carbonyl (C=O) groups is 1. The summed E-state index contributed by atoms with van der Waals surface area (Å²) in [7, 11) is 1.61. The standard InChI is InChI=1S/C20H23N3O2/c1-25-9-8-21-20(24)14-6-7-18(22-11-14)23-12-17-16-10-13-4-2-3-5-15(13)19(16)17/h2-7,11,16-17,19H,8-10,12H2,1H3,(H,21,24)(H,22,23). The Hall–Kier alpha value is -2.40. The summed E-state index contributed by atoms with van der Waals surface area (Å²) in [6.07, 6.45) is 2.83. The number of benzene rings is 1. The van der Waals surface area contributed by atoms with Crippen LogP contribution in [0.25, 0.3) is 0 Å². The van der Waals surface area contributed by atoms with Gasteiger partial charge in [0.05, 0.1) is 12.2 Å². The predicted octanol–water partition coefficient (Wildman–Crippen LogP) is 2.46. The van der Waals surface area contributed by atoms with Crippen molar-refractivity contribution in [1.29, 1.82) is 0 Å². The summed E-state index contributed by atoms with van der Waals surface area (Å²) in [5.74, 6) is 2.91. The van der Waals surface area contributed by atoms with Crippen LogP contribution >= 0.6 is 0 Å². The summed E-state index contributed by atoms with van der Waals surface area (Å²) >= 11 is 0. The molecule has 0 aliphatic heterocycles. The van der Waals surface area contributed by atoms with Crippen molar-refractivity contribution in [2.24, 2.45) is 11.8 Å². The molecule has 0 bridgehead atoms. The molecule has 2 aliphatic carbocycles. The summed E-state index contributed by atoms with van der Waals surface area (Å²) in [6, 6.07) is 12.5.